The van der Waals surface area contributed by atoms with Crippen molar-refractivity contribution in [2.45, 2.75) is 0 Å². The maximum atomic E-state index is 13.2. The van der Waals surface area contributed by atoms with Crippen LogP contribution in [0.3, 0.4) is 0 Å². The number of hydrogen-bond donors (Lipinski definition) is 2. The summed E-state index contributed by atoms with van der Waals surface area (Å²) in [5.74, 6) is 0.274. The lowest BCUT2D eigenvalue weighted by Crippen LogP contribution is -1.98. The van der Waals surface area contributed by atoms with Crippen molar-refractivity contribution < 1.29 is 4.39 Å². The van der Waals surface area contributed by atoms with Crippen molar-refractivity contribution in [1.82, 2.24) is 15.0 Å². The Morgan fingerprint density at radius 3 is 2.87 bits per heavy atom. The quantitative estimate of drug-likeness (QED) is 0.766. The molecular weight excluding hydrogens is 215 g/mol. The molecule has 0 atom stereocenters. The van der Waals surface area contributed by atoms with Gasteiger partial charge in [0.25, 0.3) is 0 Å². The molecule has 0 aliphatic rings. The topological polar surface area (TPSA) is 53.6 Å². The number of halogens is 1. The van der Waals surface area contributed by atoms with Gasteiger partial charge in [-0.05, 0) is 30.4 Å². The normalized spacial score (nSPS) is 9.93. The molecule has 0 saturated carbocycles. The van der Waals surface area contributed by atoms with E-state index in [-0.39, 0.29) is 5.82 Å². The third-order valence-electron chi connectivity index (χ3n) is 1.69. The Morgan fingerprint density at radius 1 is 1.27 bits per heavy atom. The number of aromatic amines is 1. The molecule has 2 heterocycles. The molecule has 2 N–H and O–H groups in total. The average Bonchev–Trinajstić information content (AvgIpc) is 2.22. The van der Waals surface area contributed by atoms with E-state index in [9.17, 15) is 4.39 Å². The first kappa shape index (κ1) is 9.72. The molecule has 0 saturated heterocycles. The van der Waals surface area contributed by atoms with Crippen molar-refractivity contribution in [2.24, 2.45) is 0 Å². The SMILES string of the molecule is Fc1cccnc1Nc1ccnc(=S)[nH]1. The zero-order valence-corrected chi connectivity index (χ0v) is 8.38. The molecule has 0 aromatic carbocycles. The Labute approximate surface area is 90.2 Å². The van der Waals surface area contributed by atoms with E-state index in [4.69, 9.17) is 12.2 Å². The summed E-state index contributed by atoms with van der Waals surface area (Å²) in [5, 5.41) is 2.76. The number of nitrogens with one attached hydrogen (secondary N) is 2. The fourth-order valence-electron chi connectivity index (χ4n) is 1.05. The van der Waals surface area contributed by atoms with Crippen LogP contribution >= 0.6 is 12.2 Å². The maximum absolute atomic E-state index is 13.2. The van der Waals surface area contributed by atoms with E-state index in [0.29, 0.717) is 10.6 Å². The molecule has 0 bridgehead atoms. The molecule has 0 aliphatic heterocycles. The van der Waals surface area contributed by atoms with Gasteiger partial charge in [-0.15, -0.1) is 0 Å². The molecule has 2 aromatic rings. The summed E-state index contributed by atoms with van der Waals surface area (Å²) < 4.78 is 13.5. The third-order valence-corrected chi connectivity index (χ3v) is 1.89. The summed E-state index contributed by atoms with van der Waals surface area (Å²) in [6, 6.07) is 4.49. The van der Waals surface area contributed by atoms with Crippen molar-refractivity contribution in [3.05, 3.63) is 41.2 Å². The fourth-order valence-corrected chi connectivity index (χ4v) is 1.22. The molecule has 2 aromatic heterocycles. The Balaban J connectivity index is 2.30. The molecule has 0 fully saturated rings. The summed E-state index contributed by atoms with van der Waals surface area (Å²) in [6.07, 6.45) is 3.03. The zero-order chi connectivity index (χ0) is 10.7. The van der Waals surface area contributed by atoms with Crippen LogP contribution in [0.15, 0.2) is 30.6 Å². The second-order valence-electron chi connectivity index (χ2n) is 2.75. The number of rotatable bonds is 2. The van der Waals surface area contributed by atoms with E-state index in [0.717, 1.165) is 0 Å². The molecule has 0 unspecified atom stereocenters. The van der Waals surface area contributed by atoms with Crippen LogP contribution in [-0.2, 0) is 0 Å². The van der Waals surface area contributed by atoms with Crippen LogP contribution in [0, 0.1) is 10.6 Å². The monoisotopic (exact) mass is 222 g/mol. The van der Waals surface area contributed by atoms with E-state index in [1.54, 1.807) is 6.07 Å². The number of nitrogens with zero attached hydrogens (tertiary/aromatic N) is 2. The molecule has 2 rings (SSSR count). The molecule has 0 spiro atoms. The van der Waals surface area contributed by atoms with E-state index in [1.807, 2.05) is 0 Å². The van der Waals surface area contributed by atoms with Crippen molar-refractivity contribution >= 4 is 23.9 Å². The zero-order valence-electron chi connectivity index (χ0n) is 7.57. The summed E-state index contributed by atoms with van der Waals surface area (Å²) in [4.78, 5) is 10.4. The largest absolute Gasteiger partial charge is 0.324 e. The fraction of sp³-hybridized carbons (Fsp3) is 0. The van der Waals surface area contributed by atoms with Gasteiger partial charge in [0, 0.05) is 12.4 Å². The molecule has 6 heteroatoms. The number of H-pyrrole nitrogens is 1. The summed E-state index contributed by atoms with van der Waals surface area (Å²) in [7, 11) is 0. The minimum atomic E-state index is -0.423. The van der Waals surface area contributed by atoms with Crippen LogP contribution in [0.2, 0.25) is 0 Å². The highest BCUT2D eigenvalue weighted by Gasteiger charge is 2.01. The molecule has 0 amide bonds. The highest BCUT2D eigenvalue weighted by atomic mass is 32.1. The molecular formula is C9H7FN4S. The van der Waals surface area contributed by atoms with Crippen molar-refractivity contribution in [1.29, 1.82) is 0 Å². The number of pyridine rings is 1. The van der Waals surface area contributed by atoms with Crippen molar-refractivity contribution in [3.8, 4) is 0 Å². The maximum Gasteiger partial charge on any atom is 0.198 e. The van der Waals surface area contributed by atoms with E-state index < -0.39 is 5.82 Å². The molecule has 0 radical (unpaired) electrons. The summed E-state index contributed by atoms with van der Waals surface area (Å²) in [6.45, 7) is 0. The molecule has 15 heavy (non-hydrogen) atoms. The minimum absolute atomic E-state index is 0.148. The first-order valence-corrected chi connectivity index (χ1v) is 4.59. The van der Waals surface area contributed by atoms with Gasteiger partial charge in [0.05, 0.1) is 0 Å². The molecule has 4 nitrogen and oxygen atoms in total. The smallest absolute Gasteiger partial charge is 0.198 e. The Bertz CT molecular complexity index is 525. The Kier molecular flexibility index (Phi) is 2.68. The first-order chi connectivity index (χ1) is 7.25. The van der Waals surface area contributed by atoms with E-state index >= 15 is 0 Å². The summed E-state index contributed by atoms with van der Waals surface area (Å²) in [5.41, 5.74) is 0. The number of aromatic nitrogens is 3. The lowest BCUT2D eigenvalue weighted by Gasteiger charge is -2.04. The van der Waals surface area contributed by atoms with Crippen LogP contribution in [0.4, 0.5) is 16.0 Å². The average molecular weight is 222 g/mol. The summed E-state index contributed by atoms with van der Waals surface area (Å²) >= 11 is 4.83. The standard InChI is InChI=1S/C9H7FN4S/c10-6-2-1-4-11-8(6)13-7-3-5-12-9(15)14-7/h1-5H,(H2,11,12,13,14,15). The minimum Gasteiger partial charge on any atom is -0.324 e. The second-order valence-corrected chi connectivity index (χ2v) is 3.13. The van der Waals surface area contributed by atoms with Gasteiger partial charge >= 0.3 is 0 Å². The third kappa shape index (κ3) is 2.35. The Hall–Kier alpha value is -1.82. The highest BCUT2D eigenvalue weighted by molar-refractivity contribution is 7.71. The van der Waals surface area contributed by atoms with Crippen molar-refractivity contribution in [2.75, 3.05) is 5.32 Å². The van der Waals surface area contributed by atoms with Crippen LogP contribution in [0.5, 0.6) is 0 Å². The second kappa shape index (κ2) is 4.14. The van der Waals surface area contributed by atoms with Crippen LogP contribution in [-0.4, -0.2) is 15.0 Å². The van der Waals surface area contributed by atoms with Crippen LogP contribution in [0.25, 0.3) is 0 Å². The van der Waals surface area contributed by atoms with Gasteiger partial charge in [0.2, 0.25) is 0 Å². The van der Waals surface area contributed by atoms with E-state index in [1.165, 1.54) is 24.5 Å². The lowest BCUT2D eigenvalue weighted by molar-refractivity contribution is 0.626. The van der Waals surface area contributed by atoms with Gasteiger partial charge in [-0.2, -0.15) is 0 Å². The van der Waals surface area contributed by atoms with Crippen LogP contribution < -0.4 is 5.32 Å². The van der Waals surface area contributed by atoms with Gasteiger partial charge < -0.3 is 10.3 Å². The molecule has 0 aliphatic carbocycles. The lowest BCUT2D eigenvalue weighted by atomic mass is 10.4. The first-order valence-electron chi connectivity index (χ1n) is 4.18. The van der Waals surface area contributed by atoms with Gasteiger partial charge in [-0.1, -0.05) is 0 Å². The highest BCUT2D eigenvalue weighted by Crippen LogP contribution is 2.13. The molecule has 76 valence electrons. The predicted molar refractivity (Wildman–Crippen MR) is 56.9 cm³/mol. The van der Waals surface area contributed by atoms with E-state index in [2.05, 4.69) is 20.3 Å². The Morgan fingerprint density at radius 2 is 2.13 bits per heavy atom. The van der Waals surface area contributed by atoms with Gasteiger partial charge in [-0.25, -0.2) is 14.4 Å². The van der Waals surface area contributed by atoms with Crippen molar-refractivity contribution in [3.63, 3.8) is 0 Å². The number of hydrogen-bond acceptors (Lipinski definition) is 4. The number of anilines is 2. The van der Waals surface area contributed by atoms with Crippen LogP contribution in [0.1, 0.15) is 0 Å². The van der Waals surface area contributed by atoms with Gasteiger partial charge in [-0.3, -0.25) is 0 Å². The predicted octanol–water partition coefficient (Wildman–Crippen LogP) is 2.42. The van der Waals surface area contributed by atoms with Gasteiger partial charge in [0.1, 0.15) is 5.82 Å². The van der Waals surface area contributed by atoms with Gasteiger partial charge in [0.15, 0.2) is 16.4 Å².